The minimum atomic E-state index is -0.881. The zero-order valence-electron chi connectivity index (χ0n) is 14.7. The molecule has 7 nitrogen and oxygen atoms in total. The highest BCUT2D eigenvalue weighted by atomic mass is 16.5. The number of benzene rings is 1. The van der Waals surface area contributed by atoms with Crippen LogP contribution in [0.3, 0.4) is 0 Å². The van der Waals surface area contributed by atoms with Gasteiger partial charge in [-0.1, -0.05) is 18.2 Å². The van der Waals surface area contributed by atoms with Gasteiger partial charge in [-0.05, 0) is 37.8 Å². The average Bonchev–Trinajstić information content (AvgIpc) is 3.04. The van der Waals surface area contributed by atoms with Crippen molar-refractivity contribution in [2.24, 2.45) is 11.8 Å². The molecule has 1 amide bonds. The number of carbonyl (C=O) groups excluding carboxylic acids is 1. The van der Waals surface area contributed by atoms with Crippen LogP contribution in [0.1, 0.15) is 28.9 Å². The van der Waals surface area contributed by atoms with Crippen molar-refractivity contribution < 1.29 is 19.4 Å². The van der Waals surface area contributed by atoms with Crippen LogP contribution in [0.4, 0.5) is 0 Å². The molecule has 2 N–H and O–H groups in total. The van der Waals surface area contributed by atoms with Gasteiger partial charge in [0.15, 0.2) is 0 Å². The van der Waals surface area contributed by atoms with Crippen LogP contribution in [0.25, 0.3) is 5.69 Å². The van der Waals surface area contributed by atoms with Gasteiger partial charge < -0.3 is 15.2 Å². The first-order valence-electron chi connectivity index (χ1n) is 8.76. The van der Waals surface area contributed by atoms with E-state index in [0.717, 1.165) is 5.69 Å². The number of hydrogen-bond donors (Lipinski definition) is 2. The van der Waals surface area contributed by atoms with E-state index in [-0.39, 0.29) is 18.4 Å². The zero-order chi connectivity index (χ0) is 18.5. The minimum Gasteiger partial charge on any atom is -0.481 e. The van der Waals surface area contributed by atoms with Crippen molar-refractivity contribution >= 4 is 11.9 Å². The summed E-state index contributed by atoms with van der Waals surface area (Å²) in [4.78, 5) is 24.1. The zero-order valence-corrected chi connectivity index (χ0v) is 14.7. The van der Waals surface area contributed by atoms with Crippen molar-refractivity contribution in [1.29, 1.82) is 0 Å². The van der Waals surface area contributed by atoms with Crippen LogP contribution in [0.5, 0.6) is 0 Å². The Balaban J connectivity index is 1.68. The first-order valence-corrected chi connectivity index (χ1v) is 8.76. The number of ether oxygens (including phenoxy) is 1. The number of carbonyl (C=O) groups is 2. The van der Waals surface area contributed by atoms with E-state index < -0.39 is 11.9 Å². The maximum Gasteiger partial charge on any atom is 0.308 e. The maximum absolute atomic E-state index is 12.5. The lowest BCUT2D eigenvalue weighted by atomic mass is 9.86. The molecule has 2 heterocycles. The minimum absolute atomic E-state index is 0.0229. The lowest BCUT2D eigenvalue weighted by Crippen LogP contribution is -2.39. The SMILES string of the molecule is Cc1c(C(=O)NCC(C(=O)O)C2CCOCC2)cnn1-c1ccccc1. The van der Waals surface area contributed by atoms with Crippen molar-refractivity contribution in [3.05, 3.63) is 47.8 Å². The Morgan fingerprint density at radius 1 is 1.31 bits per heavy atom. The Kier molecular flexibility index (Phi) is 5.68. The van der Waals surface area contributed by atoms with E-state index in [1.165, 1.54) is 6.20 Å². The Bertz CT molecular complexity index is 766. The molecule has 138 valence electrons. The topological polar surface area (TPSA) is 93.5 Å². The lowest BCUT2D eigenvalue weighted by Gasteiger charge is -2.27. The van der Waals surface area contributed by atoms with Gasteiger partial charge in [0.25, 0.3) is 5.91 Å². The molecule has 1 aromatic heterocycles. The molecule has 1 aromatic carbocycles. The molecule has 1 atom stereocenters. The van der Waals surface area contributed by atoms with Crippen molar-refractivity contribution in [2.45, 2.75) is 19.8 Å². The second-order valence-electron chi connectivity index (χ2n) is 6.50. The molecule has 0 radical (unpaired) electrons. The number of carboxylic acid groups (broad SMARTS) is 1. The van der Waals surface area contributed by atoms with Crippen LogP contribution in [-0.4, -0.2) is 46.5 Å². The van der Waals surface area contributed by atoms with Crippen molar-refractivity contribution in [2.75, 3.05) is 19.8 Å². The van der Waals surface area contributed by atoms with E-state index in [1.54, 1.807) is 4.68 Å². The molecular weight excluding hydrogens is 334 g/mol. The Morgan fingerprint density at radius 2 is 2.00 bits per heavy atom. The fourth-order valence-corrected chi connectivity index (χ4v) is 3.33. The number of amides is 1. The van der Waals surface area contributed by atoms with Crippen LogP contribution in [-0.2, 0) is 9.53 Å². The van der Waals surface area contributed by atoms with Gasteiger partial charge in [-0.2, -0.15) is 5.10 Å². The van der Waals surface area contributed by atoms with Gasteiger partial charge in [0.05, 0.1) is 29.1 Å². The van der Waals surface area contributed by atoms with Crippen LogP contribution >= 0.6 is 0 Å². The summed E-state index contributed by atoms with van der Waals surface area (Å²) in [5.41, 5.74) is 2.03. The highest BCUT2D eigenvalue weighted by Crippen LogP contribution is 2.24. The second-order valence-corrected chi connectivity index (χ2v) is 6.50. The molecule has 1 aliphatic rings. The van der Waals surface area contributed by atoms with E-state index in [9.17, 15) is 14.7 Å². The van der Waals surface area contributed by atoms with Crippen molar-refractivity contribution in [3.63, 3.8) is 0 Å². The van der Waals surface area contributed by atoms with Crippen LogP contribution in [0.15, 0.2) is 36.5 Å². The molecule has 3 rings (SSSR count). The van der Waals surface area contributed by atoms with Gasteiger partial charge in [0, 0.05) is 19.8 Å². The molecular formula is C19H23N3O4. The van der Waals surface area contributed by atoms with Crippen LogP contribution in [0.2, 0.25) is 0 Å². The largest absolute Gasteiger partial charge is 0.481 e. The van der Waals surface area contributed by atoms with E-state index in [0.29, 0.717) is 37.3 Å². The number of carboxylic acids is 1. The molecule has 0 spiro atoms. The number of hydrogen-bond acceptors (Lipinski definition) is 4. The number of nitrogens with one attached hydrogen (secondary N) is 1. The maximum atomic E-state index is 12.5. The third kappa shape index (κ3) is 3.94. The van der Waals surface area contributed by atoms with Crippen molar-refractivity contribution in [1.82, 2.24) is 15.1 Å². The van der Waals surface area contributed by atoms with Crippen LogP contribution in [0, 0.1) is 18.8 Å². The first-order chi connectivity index (χ1) is 12.6. The summed E-state index contributed by atoms with van der Waals surface area (Å²) >= 11 is 0. The molecule has 0 bridgehead atoms. The number of nitrogens with zero attached hydrogens (tertiary/aromatic N) is 2. The molecule has 0 aliphatic carbocycles. The third-order valence-corrected chi connectivity index (χ3v) is 4.89. The third-order valence-electron chi connectivity index (χ3n) is 4.89. The number of aliphatic carboxylic acids is 1. The first kappa shape index (κ1) is 18.1. The molecule has 1 fully saturated rings. The smallest absolute Gasteiger partial charge is 0.308 e. The van der Waals surface area contributed by atoms with Gasteiger partial charge >= 0.3 is 5.97 Å². The van der Waals surface area contributed by atoms with E-state index >= 15 is 0 Å². The molecule has 7 heteroatoms. The standard InChI is InChI=1S/C19H23N3O4/c1-13-16(12-21-22(13)15-5-3-2-4-6-15)18(23)20-11-17(19(24)25)14-7-9-26-10-8-14/h2-6,12,14,17H,7-11H2,1H3,(H,20,23)(H,24,25). The summed E-state index contributed by atoms with van der Waals surface area (Å²) in [5.74, 6) is -1.76. The quantitative estimate of drug-likeness (QED) is 0.825. The van der Waals surface area contributed by atoms with Gasteiger partial charge in [-0.15, -0.1) is 0 Å². The van der Waals surface area contributed by atoms with Gasteiger partial charge in [0.2, 0.25) is 0 Å². The molecule has 0 saturated carbocycles. The highest BCUT2D eigenvalue weighted by Gasteiger charge is 2.30. The lowest BCUT2D eigenvalue weighted by molar-refractivity contribution is -0.144. The van der Waals surface area contributed by atoms with E-state index in [1.807, 2.05) is 37.3 Å². The summed E-state index contributed by atoms with van der Waals surface area (Å²) in [6, 6.07) is 9.54. The summed E-state index contributed by atoms with van der Waals surface area (Å²) in [5, 5.41) is 16.6. The number of rotatable bonds is 6. The summed E-state index contributed by atoms with van der Waals surface area (Å²) in [6.45, 7) is 3.08. The van der Waals surface area contributed by atoms with Gasteiger partial charge in [0.1, 0.15) is 0 Å². The van der Waals surface area contributed by atoms with Gasteiger partial charge in [-0.25, -0.2) is 4.68 Å². The molecule has 2 aromatic rings. The monoisotopic (exact) mass is 357 g/mol. The predicted molar refractivity (Wildman–Crippen MR) is 95.3 cm³/mol. The summed E-state index contributed by atoms with van der Waals surface area (Å²) in [7, 11) is 0. The predicted octanol–water partition coefficient (Wildman–Crippen LogP) is 2.04. The molecule has 1 unspecified atom stereocenters. The van der Waals surface area contributed by atoms with E-state index in [2.05, 4.69) is 10.4 Å². The van der Waals surface area contributed by atoms with E-state index in [4.69, 9.17) is 4.74 Å². The number of para-hydroxylation sites is 1. The summed E-state index contributed by atoms with van der Waals surface area (Å²) in [6.07, 6.45) is 2.93. The summed E-state index contributed by atoms with van der Waals surface area (Å²) < 4.78 is 6.99. The molecule has 1 saturated heterocycles. The highest BCUT2D eigenvalue weighted by molar-refractivity contribution is 5.95. The van der Waals surface area contributed by atoms with Crippen LogP contribution < -0.4 is 5.32 Å². The Labute approximate surface area is 152 Å². The normalized spacial score (nSPS) is 16.2. The Morgan fingerprint density at radius 3 is 2.65 bits per heavy atom. The molecule has 26 heavy (non-hydrogen) atoms. The Hall–Kier alpha value is -2.67. The fourth-order valence-electron chi connectivity index (χ4n) is 3.33. The van der Waals surface area contributed by atoms with Crippen molar-refractivity contribution in [3.8, 4) is 5.69 Å². The fraction of sp³-hybridized carbons (Fsp3) is 0.421. The number of aromatic nitrogens is 2. The van der Waals surface area contributed by atoms with Gasteiger partial charge in [-0.3, -0.25) is 9.59 Å². The second kappa shape index (κ2) is 8.14. The molecule has 1 aliphatic heterocycles. The average molecular weight is 357 g/mol.